The zero-order chi connectivity index (χ0) is 16.5. The van der Waals surface area contributed by atoms with Crippen LogP contribution in [-0.4, -0.2) is 15.7 Å². The number of nitrogens with two attached hydrogens (primary N) is 2. The number of halogens is 3. The molecule has 1 aromatic heterocycles. The van der Waals surface area contributed by atoms with Crippen LogP contribution in [0.25, 0.3) is 0 Å². The van der Waals surface area contributed by atoms with E-state index in [-0.39, 0.29) is 23.0 Å². The molecule has 116 valence electrons. The van der Waals surface area contributed by atoms with Gasteiger partial charge in [-0.25, -0.2) is 0 Å². The van der Waals surface area contributed by atoms with Gasteiger partial charge in [0.1, 0.15) is 0 Å². The molecule has 0 unspecified atom stereocenters. The Labute approximate surface area is 122 Å². The van der Waals surface area contributed by atoms with E-state index < -0.39 is 17.6 Å². The number of anilines is 2. The van der Waals surface area contributed by atoms with Crippen LogP contribution in [0.2, 0.25) is 0 Å². The summed E-state index contributed by atoms with van der Waals surface area (Å²) in [6, 6.07) is 4.27. The van der Waals surface area contributed by atoms with Gasteiger partial charge in [0.15, 0.2) is 17.3 Å². The van der Waals surface area contributed by atoms with Crippen molar-refractivity contribution in [1.82, 2.24) is 9.78 Å². The van der Waals surface area contributed by atoms with Crippen molar-refractivity contribution in [2.75, 3.05) is 11.5 Å². The molecule has 0 atom stereocenters. The Balaban J connectivity index is 2.36. The van der Waals surface area contributed by atoms with Gasteiger partial charge in [-0.05, 0) is 18.2 Å². The lowest BCUT2D eigenvalue weighted by atomic mass is 10.2. The van der Waals surface area contributed by atoms with Crippen molar-refractivity contribution < 1.29 is 18.0 Å². The van der Waals surface area contributed by atoms with E-state index in [1.807, 2.05) is 0 Å². The molecule has 10 heteroatoms. The van der Waals surface area contributed by atoms with E-state index in [9.17, 15) is 18.0 Å². The third-order valence-electron chi connectivity index (χ3n) is 2.66. The summed E-state index contributed by atoms with van der Waals surface area (Å²) in [6.45, 7) is 1.22. The minimum atomic E-state index is -4.48. The number of nitrogen functional groups attached to an aromatic ring is 2. The molecule has 2 aromatic rings. The molecule has 0 spiro atoms. The van der Waals surface area contributed by atoms with Gasteiger partial charge in [0.25, 0.3) is 0 Å². The third-order valence-corrected chi connectivity index (χ3v) is 2.66. The molecule has 0 aliphatic heterocycles. The fraction of sp³-hybridized carbons (Fsp3) is 0.167. The highest BCUT2D eigenvalue weighted by Gasteiger charge is 2.30. The first-order valence-electron chi connectivity index (χ1n) is 5.94. The van der Waals surface area contributed by atoms with E-state index in [2.05, 4.69) is 15.3 Å². The summed E-state index contributed by atoms with van der Waals surface area (Å²) in [5.41, 5.74) is 10.2. The smallest absolute Gasteiger partial charge is 0.382 e. The summed E-state index contributed by atoms with van der Waals surface area (Å²) >= 11 is 0. The fourth-order valence-corrected chi connectivity index (χ4v) is 1.64. The lowest BCUT2D eigenvalue weighted by Crippen LogP contribution is -2.10. The normalized spacial score (nSPS) is 12.0. The van der Waals surface area contributed by atoms with Crippen LogP contribution in [-0.2, 0) is 6.18 Å². The highest BCUT2D eigenvalue weighted by atomic mass is 19.4. The molecule has 2 rings (SSSR count). The maximum atomic E-state index is 12.6. The summed E-state index contributed by atoms with van der Waals surface area (Å²) in [6.07, 6.45) is -4.48. The van der Waals surface area contributed by atoms with Gasteiger partial charge in [0.2, 0.25) is 5.91 Å². The fourth-order valence-electron chi connectivity index (χ4n) is 1.64. The van der Waals surface area contributed by atoms with Gasteiger partial charge in [-0.1, -0.05) is 6.07 Å². The van der Waals surface area contributed by atoms with Crippen LogP contribution in [0.4, 0.5) is 36.2 Å². The standard InChI is InChI=1S/C12H11F3N6O/c1-6(22)21-11(17)9(10(16)20-21)19-18-8-4-2-3-7(5-8)12(13,14)15/h2-5H,17H2,1H3,(H2,16,20). The minimum absolute atomic E-state index is 0.0378. The second-order valence-corrected chi connectivity index (χ2v) is 4.30. The van der Waals surface area contributed by atoms with Crippen molar-refractivity contribution in [3.05, 3.63) is 29.8 Å². The van der Waals surface area contributed by atoms with E-state index in [0.717, 1.165) is 16.8 Å². The van der Waals surface area contributed by atoms with E-state index in [4.69, 9.17) is 11.5 Å². The third kappa shape index (κ3) is 3.05. The van der Waals surface area contributed by atoms with Gasteiger partial charge < -0.3 is 11.5 Å². The Hall–Kier alpha value is -2.91. The first kappa shape index (κ1) is 15.5. The number of alkyl halides is 3. The zero-order valence-electron chi connectivity index (χ0n) is 11.3. The molecule has 0 aliphatic carbocycles. The van der Waals surface area contributed by atoms with Crippen molar-refractivity contribution >= 4 is 28.9 Å². The average molecular weight is 312 g/mol. The van der Waals surface area contributed by atoms with E-state index in [1.54, 1.807) is 0 Å². The highest BCUT2D eigenvalue weighted by Crippen LogP contribution is 2.33. The summed E-state index contributed by atoms with van der Waals surface area (Å²) in [5, 5.41) is 11.0. The maximum absolute atomic E-state index is 12.6. The number of carbonyl (C=O) groups excluding carboxylic acids is 1. The minimum Gasteiger partial charge on any atom is -0.382 e. The Morgan fingerprint density at radius 1 is 1.27 bits per heavy atom. The number of azo groups is 1. The van der Waals surface area contributed by atoms with Crippen LogP contribution in [0.1, 0.15) is 17.3 Å². The molecule has 0 radical (unpaired) electrons. The first-order valence-corrected chi connectivity index (χ1v) is 5.94. The number of hydrogen-bond donors (Lipinski definition) is 2. The van der Waals surface area contributed by atoms with Crippen molar-refractivity contribution in [1.29, 1.82) is 0 Å². The van der Waals surface area contributed by atoms with Gasteiger partial charge in [0, 0.05) is 6.92 Å². The second-order valence-electron chi connectivity index (χ2n) is 4.30. The van der Waals surface area contributed by atoms with Gasteiger partial charge >= 0.3 is 6.18 Å². The van der Waals surface area contributed by atoms with E-state index in [1.165, 1.54) is 19.1 Å². The van der Waals surface area contributed by atoms with Gasteiger partial charge in [-0.3, -0.25) is 4.79 Å². The summed E-state index contributed by atoms with van der Waals surface area (Å²) < 4.78 is 38.6. The quantitative estimate of drug-likeness (QED) is 0.829. The topological polar surface area (TPSA) is 112 Å². The Bertz CT molecular complexity index is 750. The summed E-state index contributed by atoms with van der Waals surface area (Å²) in [4.78, 5) is 11.2. The van der Waals surface area contributed by atoms with Gasteiger partial charge in [-0.2, -0.15) is 23.0 Å². The molecular formula is C12H11F3N6O. The monoisotopic (exact) mass is 312 g/mol. The van der Waals surface area contributed by atoms with Crippen LogP contribution >= 0.6 is 0 Å². The van der Waals surface area contributed by atoms with Crippen LogP contribution in [0, 0.1) is 0 Å². The average Bonchev–Trinajstić information content (AvgIpc) is 2.71. The van der Waals surface area contributed by atoms with Crippen molar-refractivity contribution in [3.63, 3.8) is 0 Å². The lowest BCUT2D eigenvalue weighted by Gasteiger charge is -2.05. The van der Waals surface area contributed by atoms with Crippen LogP contribution in [0.15, 0.2) is 34.5 Å². The molecule has 0 amide bonds. The van der Waals surface area contributed by atoms with Gasteiger partial charge in [0.05, 0.1) is 11.3 Å². The molecule has 0 fully saturated rings. The van der Waals surface area contributed by atoms with Gasteiger partial charge in [-0.15, -0.1) is 10.2 Å². The van der Waals surface area contributed by atoms with Crippen molar-refractivity contribution in [3.8, 4) is 0 Å². The Morgan fingerprint density at radius 3 is 2.50 bits per heavy atom. The first-order chi connectivity index (χ1) is 10.2. The summed E-state index contributed by atoms with van der Waals surface area (Å²) in [5.74, 6) is -0.770. The van der Waals surface area contributed by atoms with Crippen molar-refractivity contribution in [2.24, 2.45) is 10.2 Å². The largest absolute Gasteiger partial charge is 0.416 e. The molecule has 1 aromatic carbocycles. The Kier molecular flexibility index (Phi) is 3.85. The van der Waals surface area contributed by atoms with Crippen LogP contribution in [0.3, 0.4) is 0 Å². The second kappa shape index (κ2) is 5.47. The zero-order valence-corrected chi connectivity index (χ0v) is 11.3. The maximum Gasteiger partial charge on any atom is 0.416 e. The highest BCUT2D eigenvalue weighted by molar-refractivity contribution is 5.85. The molecule has 0 saturated heterocycles. The molecule has 22 heavy (non-hydrogen) atoms. The SMILES string of the molecule is CC(=O)n1nc(N)c(N=Nc2cccc(C(F)(F)F)c2)c1N. The molecule has 0 bridgehead atoms. The molecular weight excluding hydrogens is 301 g/mol. The number of aromatic nitrogens is 2. The van der Waals surface area contributed by atoms with Crippen LogP contribution < -0.4 is 11.5 Å². The van der Waals surface area contributed by atoms with Crippen molar-refractivity contribution in [2.45, 2.75) is 13.1 Å². The number of benzene rings is 1. The van der Waals surface area contributed by atoms with Crippen LogP contribution in [0.5, 0.6) is 0 Å². The number of nitrogens with zero attached hydrogens (tertiary/aromatic N) is 4. The number of carbonyl (C=O) groups is 1. The number of hydrogen-bond acceptors (Lipinski definition) is 6. The number of rotatable bonds is 2. The van der Waals surface area contributed by atoms with E-state index >= 15 is 0 Å². The molecule has 7 nitrogen and oxygen atoms in total. The summed E-state index contributed by atoms with van der Waals surface area (Å²) in [7, 11) is 0. The molecule has 0 aliphatic rings. The predicted octanol–water partition coefficient (Wildman–Crippen LogP) is 3.14. The molecule has 1 heterocycles. The molecule has 4 N–H and O–H groups in total. The lowest BCUT2D eigenvalue weighted by molar-refractivity contribution is -0.137. The predicted molar refractivity (Wildman–Crippen MR) is 73.0 cm³/mol. The molecule has 0 saturated carbocycles. The Morgan fingerprint density at radius 2 is 1.95 bits per heavy atom. The van der Waals surface area contributed by atoms with E-state index in [0.29, 0.717) is 0 Å².